The van der Waals surface area contributed by atoms with E-state index in [1.165, 1.54) is 0 Å². The molecule has 0 bridgehead atoms. The fourth-order valence-electron chi connectivity index (χ4n) is 3.33. The molecule has 1 fully saturated rings. The lowest BCUT2D eigenvalue weighted by Gasteiger charge is -2.37. The van der Waals surface area contributed by atoms with Crippen LogP contribution in [-0.4, -0.2) is 44.8 Å². The van der Waals surface area contributed by atoms with Crippen LogP contribution in [0.4, 0.5) is 0 Å². The summed E-state index contributed by atoms with van der Waals surface area (Å²) < 4.78 is 1.81. The minimum atomic E-state index is -0.873. The van der Waals surface area contributed by atoms with Gasteiger partial charge in [-0.3, -0.25) is 14.3 Å². The third kappa shape index (κ3) is 3.43. The van der Waals surface area contributed by atoms with E-state index in [9.17, 15) is 14.7 Å². The number of aromatic nitrogens is 2. The first-order valence-corrected chi connectivity index (χ1v) is 8.50. The standard InChI is InChI=1S/C19H23N3O3/c1-14-16(11-20-22(14)12-15-7-4-3-5-8-15)17(23)21-10-6-9-19(2,13-21)18(24)25/h3-5,7-8,11H,6,9-10,12-13H2,1-2H3,(H,24,25). The monoisotopic (exact) mass is 341 g/mol. The largest absolute Gasteiger partial charge is 0.481 e. The highest BCUT2D eigenvalue weighted by atomic mass is 16.4. The number of aliphatic carboxylic acids is 1. The first kappa shape index (κ1) is 17.2. The Kier molecular flexibility index (Phi) is 4.61. The average Bonchev–Trinajstić information content (AvgIpc) is 2.96. The number of hydrogen-bond acceptors (Lipinski definition) is 3. The van der Waals surface area contributed by atoms with Crippen LogP contribution < -0.4 is 0 Å². The zero-order valence-corrected chi connectivity index (χ0v) is 14.6. The van der Waals surface area contributed by atoms with Crippen molar-refractivity contribution in [3.8, 4) is 0 Å². The van der Waals surface area contributed by atoms with E-state index in [2.05, 4.69) is 5.10 Å². The number of carbonyl (C=O) groups excluding carboxylic acids is 1. The van der Waals surface area contributed by atoms with Crippen molar-refractivity contribution in [2.24, 2.45) is 5.41 Å². The van der Waals surface area contributed by atoms with Gasteiger partial charge in [0, 0.05) is 18.8 Å². The lowest BCUT2D eigenvalue weighted by atomic mass is 9.82. The fraction of sp³-hybridized carbons (Fsp3) is 0.421. The molecule has 1 N–H and O–H groups in total. The molecule has 1 aromatic carbocycles. The van der Waals surface area contributed by atoms with Crippen LogP contribution in [0.15, 0.2) is 36.5 Å². The van der Waals surface area contributed by atoms with E-state index < -0.39 is 11.4 Å². The molecule has 1 aliphatic rings. The van der Waals surface area contributed by atoms with E-state index in [0.717, 1.165) is 11.3 Å². The highest BCUT2D eigenvalue weighted by Gasteiger charge is 2.40. The Morgan fingerprint density at radius 1 is 1.28 bits per heavy atom. The van der Waals surface area contributed by atoms with Crippen LogP contribution in [-0.2, 0) is 11.3 Å². The van der Waals surface area contributed by atoms with Gasteiger partial charge >= 0.3 is 5.97 Å². The summed E-state index contributed by atoms with van der Waals surface area (Å²) in [4.78, 5) is 26.0. The second-order valence-electron chi connectivity index (χ2n) is 6.98. The molecule has 6 heteroatoms. The Bertz CT molecular complexity index is 784. The van der Waals surface area contributed by atoms with Crippen LogP contribution in [0.2, 0.25) is 0 Å². The van der Waals surface area contributed by atoms with Crippen LogP contribution in [0.25, 0.3) is 0 Å². The van der Waals surface area contributed by atoms with Gasteiger partial charge in [0.1, 0.15) is 0 Å². The summed E-state index contributed by atoms with van der Waals surface area (Å²) in [5.74, 6) is -0.981. The minimum Gasteiger partial charge on any atom is -0.481 e. The third-order valence-corrected chi connectivity index (χ3v) is 5.01. The number of piperidine rings is 1. The lowest BCUT2D eigenvalue weighted by Crippen LogP contribution is -2.48. The number of likely N-dealkylation sites (tertiary alicyclic amines) is 1. The predicted octanol–water partition coefficient (Wildman–Crippen LogP) is 2.57. The summed E-state index contributed by atoms with van der Waals surface area (Å²) in [6.45, 7) is 5.02. The van der Waals surface area contributed by atoms with Gasteiger partial charge in [-0.05, 0) is 32.3 Å². The molecular weight excluding hydrogens is 318 g/mol. The van der Waals surface area contributed by atoms with Gasteiger partial charge in [-0.25, -0.2) is 0 Å². The van der Waals surface area contributed by atoms with E-state index >= 15 is 0 Å². The molecule has 1 aliphatic heterocycles. The molecule has 1 unspecified atom stereocenters. The van der Waals surface area contributed by atoms with Crippen molar-refractivity contribution in [2.75, 3.05) is 13.1 Å². The van der Waals surface area contributed by atoms with Gasteiger partial charge in [0.05, 0.1) is 23.7 Å². The summed E-state index contributed by atoms with van der Waals surface area (Å²) in [5.41, 5.74) is 1.59. The van der Waals surface area contributed by atoms with Crippen molar-refractivity contribution in [1.82, 2.24) is 14.7 Å². The normalized spacial score (nSPS) is 20.5. The quantitative estimate of drug-likeness (QED) is 0.927. The molecule has 2 heterocycles. The Morgan fingerprint density at radius 3 is 2.68 bits per heavy atom. The van der Waals surface area contributed by atoms with E-state index in [1.807, 2.05) is 41.9 Å². The van der Waals surface area contributed by atoms with Crippen LogP contribution in [0, 0.1) is 12.3 Å². The van der Waals surface area contributed by atoms with Gasteiger partial charge < -0.3 is 10.0 Å². The van der Waals surface area contributed by atoms with Crippen molar-refractivity contribution in [3.05, 3.63) is 53.3 Å². The summed E-state index contributed by atoms with van der Waals surface area (Å²) in [6.07, 6.45) is 2.89. The third-order valence-electron chi connectivity index (χ3n) is 5.01. The number of carboxylic acid groups (broad SMARTS) is 1. The molecule has 25 heavy (non-hydrogen) atoms. The second-order valence-corrected chi connectivity index (χ2v) is 6.98. The predicted molar refractivity (Wildman–Crippen MR) is 93.4 cm³/mol. The summed E-state index contributed by atoms with van der Waals surface area (Å²) in [5, 5.41) is 13.8. The number of hydrogen-bond donors (Lipinski definition) is 1. The molecule has 6 nitrogen and oxygen atoms in total. The Balaban J connectivity index is 1.78. The molecule has 3 rings (SSSR count). The highest BCUT2D eigenvalue weighted by Crippen LogP contribution is 2.30. The number of rotatable bonds is 4. The molecular formula is C19H23N3O3. The zero-order valence-electron chi connectivity index (χ0n) is 14.6. The first-order valence-electron chi connectivity index (χ1n) is 8.50. The molecule has 0 aliphatic carbocycles. The van der Waals surface area contributed by atoms with Crippen LogP contribution >= 0.6 is 0 Å². The minimum absolute atomic E-state index is 0.135. The van der Waals surface area contributed by atoms with Gasteiger partial charge in [-0.2, -0.15) is 5.10 Å². The maximum absolute atomic E-state index is 12.9. The van der Waals surface area contributed by atoms with Crippen molar-refractivity contribution >= 4 is 11.9 Å². The van der Waals surface area contributed by atoms with Gasteiger partial charge in [0.25, 0.3) is 5.91 Å². The summed E-state index contributed by atoms with van der Waals surface area (Å²) in [6, 6.07) is 9.95. The van der Waals surface area contributed by atoms with Crippen molar-refractivity contribution in [1.29, 1.82) is 0 Å². The number of carboxylic acids is 1. The SMILES string of the molecule is Cc1c(C(=O)N2CCCC(C)(C(=O)O)C2)cnn1Cc1ccccc1. The molecule has 0 saturated carbocycles. The van der Waals surface area contributed by atoms with E-state index in [4.69, 9.17) is 0 Å². The zero-order chi connectivity index (χ0) is 18.0. The summed E-state index contributed by atoms with van der Waals surface area (Å²) in [7, 11) is 0. The lowest BCUT2D eigenvalue weighted by molar-refractivity contribution is -0.150. The maximum atomic E-state index is 12.9. The molecule has 1 saturated heterocycles. The number of nitrogens with zero attached hydrogens (tertiary/aromatic N) is 3. The molecule has 132 valence electrons. The Hall–Kier alpha value is -2.63. The summed E-state index contributed by atoms with van der Waals surface area (Å²) >= 11 is 0. The van der Waals surface area contributed by atoms with Crippen molar-refractivity contribution < 1.29 is 14.7 Å². The molecule has 1 amide bonds. The van der Waals surface area contributed by atoms with Gasteiger partial charge in [-0.1, -0.05) is 30.3 Å². The Morgan fingerprint density at radius 2 is 2.00 bits per heavy atom. The average molecular weight is 341 g/mol. The van der Waals surface area contributed by atoms with E-state index in [-0.39, 0.29) is 12.5 Å². The van der Waals surface area contributed by atoms with Crippen LogP contribution in [0.1, 0.15) is 41.4 Å². The molecule has 0 radical (unpaired) electrons. The van der Waals surface area contributed by atoms with Gasteiger partial charge in [0.15, 0.2) is 0 Å². The first-order chi connectivity index (χ1) is 11.9. The van der Waals surface area contributed by atoms with Crippen molar-refractivity contribution in [3.63, 3.8) is 0 Å². The van der Waals surface area contributed by atoms with Crippen LogP contribution in [0.5, 0.6) is 0 Å². The van der Waals surface area contributed by atoms with E-state index in [1.54, 1.807) is 18.0 Å². The van der Waals surface area contributed by atoms with Crippen LogP contribution in [0.3, 0.4) is 0 Å². The fourth-order valence-corrected chi connectivity index (χ4v) is 3.33. The molecule has 1 atom stereocenters. The Labute approximate surface area is 147 Å². The molecule has 1 aromatic heterocycles. The maximum Gasteiger partial charge on any atom is 0.311 e. The topological polar surface area (TPSA) is 75.4 Å². The van der Waals surface area contributed by atoms with Crippen molar-refractivity contribution in [2.45, 2.75) is 33.2 Å². The van der Waals surface area contributed by atoms with E-state index in [0.29, 0.717) is 31.5 Å². The molecule has 0 spiro atoms. The number of benzene rings is 1. The highest BCUT2D eigenvalue weighted by molar-refractivity contribution is 5.95. The van der Waals surface area contributed by atoms with Gasteiger partial charge in [-0.15, -0.1) is 0 Å². The second kappa shape index (κ2) is 6.70. The number of amides is 1. The number of carbonyl (C=O) groups is 2. The van der Waals surface area contributed by atoms with Gasteiger partial charge in [0.2, 0.25) is 0 Å². The molecule has 2 aromatic rings. The smallest absolute Gasteiger partial charge is 0.311 e.